The third-order valence-corrected chi connectivity index (χ3v) is 5.23. The molecule has 3 aromatic rings. The summed E-state index contributed by atoms with van der Waals surface area (Å²) in [4.78, 5) is 4.52. The number of nitrogens with one attached hydrogen (secondary N) is 1. The van der Waals surface area contributed by atoms with Crippen LogP contribution in [0.5, 0.6) is 0 Å². The molecule has 3 rings (SSSR count). The SMILES string of the molecule is Cc1cccc2nc(N/N=C/c3ccc(Br)cc3Br)sc12. The molecule has 0 aliphatic carbocycles. The second-order valence-corrected chi connectivity index (χ2v) is 7.25. The van der Waals surface area contributed by atoms with Crippen LogP contribution in [0.2, 0.25) is 0 Å². The van der Waals surface area contributed by atoms with E-state index in [9.17, 15) is 0 Å². The van der Waals surface area contributed by atoms with Gasteiger partial charge in [0.25, 0.3) is 0 Å². The van der Waals surface area contributed by atoms with E-state index in [1.165, 1.54) is 10.3 Å². The van der Waals surface area contributed by atoms with Crippen LogP contribution in [0, 0.1) is 6.92 Å². The standard InChI is InChI=1S/C15H11Br2N3S/c1-9-3-2-4-13-14(9)21-15(19-13)20-18-8-10-5-6-11(16)7-12(10)17/h2-8H,1H3,(H,19,20)/b18-8+. The minimum atomic E-state index is 0.795. The number of hydrogen-bond donors (Lipinski definition) is 1. The van der Waals surface area contributed by atoms with E-state index in [-0.39, 0.29) is 0 Å². The molecule has 6 heteroatoms. The summed E-state index contributed by atoms with van der Waals surface area (Å²) in [6, 6.07) is 12.1. The molecule has 0 saturated carbocycles. The number of nitrogens with zero attached hydrogens (tertiary/aromatic N) is 2. The van der Waals surface area contributed by atoms with Crippen molar-refractivity contribution in [1.29, 1.82) is 0 Å². The van der Waals surface area contributed by atoms with Crippen LogP contribution in [-0.4, -0.2) is 11.2 Å². The largest absolute Gasteiger partial charge is 0.253 e. The van der Waals surface area contributed by atoms with E-state index in [1.54, 1.807) is 17.6 Å². The van der Waals surface area contributed by atoms with Gasteiger partial charge in [-0.3, -0.25) is 5.43 Å². The molecule has 0 aliphatic rings. The van der Waals surface area contributed by atoms with Gasteiger partial charge >= 0.3 is 0 Å². The Labute approximate surface area is 143 Å². The van der Waals surface area contributed by atoms with Gasteiger partial charge in [0.2, 0.25) is 5.13 Å². The first-order valence-corrected chi connectivity index (χ1v) is 8.64. The minimum Gasteiger partial charge on any atom is -0.253 e. The molecular formula is C15H11Br2N3S. The molecule has 0 amide bonds. The quantitative estimate of drug-likeness (QED) is 0.440. The van der Waals surface area contributed by atoms with Crippen molar-refractivity contribution in [2.75, 3.05) is 5.43 Å². The van der Waals surface area contributed by atoms with Crippen molar-refractivity contribution in [2.24, 2.45) is 5.10 Å². The molecule has 0 radical (unpaired) electrons. The molecule has 0 bridgehead atoms. The van der Waals surface area contributed by atoms with E-state index >= 15 is 0 Å². The van der Waals surface area contributed by atoms with Gasteiger partial charge in [-0.1, -0.05) is 61.4 Å². The van der Waals surface area contributed by atoms with Crippen molar-refractivity contribution < 1.29 is 0 Å². The summed E-state index contributed by atoms with van der Waals surface area (Å²) in [7, 11) is 0. The van der Waals surface area contributed by atoms with E-state index < -0.39 is 0 Å². The summed E-state index contributed by atoms with van der Waals surface area (Å²) in [5, 5.41) is 5.05. The number of halogens is 2. The first-order chi connectivity index (χ1) is 10.1. The molecule has 0 atom stereocenters. The Morgan fingerprint density at radius 1 is 1.24 bits per heavy atom. The van der Waals surface area contributed by atoms with Crippen molar-refractivity contribution in [3.8, 4) is 0 Å². The van der Waals surface area contributed by atoms with Crippen LogP contribution >= 0.6 is 43.2 Å². The Morgan fingerprint density at radius 2 is 2.10 bits per heavy atom. The highest BCUT2D eigenvalue weighted by Crippen LogP contribution is 2.28. The maximum atomic E-state index is 4.52. The highest BCUT2D eigenvalue weighted by Gasteiger charge is 2.04. The van der Waals surface area contributed by atoms with Crippen molar-refractivity contribution in [3.05, 3.63) is 56.5 Å². The molecular weight excluding hydrogens is 414 g/mol. The maximum absolute atomic E-state index is 4.52. The fourth-order valence-corrected chi connectivity index (χ4v) is 3.93. The molecule has 106 valence electrons. The Hall–Kier alpha value is -1.24. The average molecular weight is 425 g/mol. The number of fused-ring (bicyclic) bond motifs is 1. The Morgan fingerprint density at radius 3 is 2.86 bits per heavy atom. The number of aryl methyl sites for hydroxylation is 1. The first-order valence-electron chi connectivity index (χ1n) is 6.24. The van der Waals surface area contributed by atoms with Gasteiger partial charge in [-0.15, -0.1) is 0 Å². The minimum absolute atomic E-state index is 0.795. The summed E-state index contributed by atoms with van der Waals surface area (Å²) in [6.07, 6.45) is 1.77. The number of anilines is 1. The number of benzene rings is 2. The molecule has 0 fully saturated rings. The number of hydrazone groups is 1. The summed E-state index contributed by atoms with van der Waals surface area (Å²) in [5.74, 6) is 0. The molecule has 3 nitrogen and oxygen atoms in total. The van der Waals surface area contributed by atoms with Crippen LogP contribution in [0.1, 0.15) is 11.1 Å². The van der Waals surface area contributed by atoms with E-state index in [4.69, 9.17) is 0 Å². The summed E-state index contributed by atoms with van der Waals surface area (Å²) in [6.45, 7) is 2.09. The fraction of sp³-hybridized carbons (Fsp3) is 0.0667. The third kappa shape index (κ3) is 3.33. The van der Waals surface area contributed by atoms with Crippen molar-refractivity contribution in [1.82, 2.24) is 4.98 Å². The zero-order valence-electron chi connectivity index (χ0n) is 11.1. The van der Waals surface area contributed by atoms with Crippen LogP contribution in [0.25, 0.3) is 10.2 Å². The molecule has 0 spiro atoms. The molecule has 1 aromatic heterocycles. The van der Waals surface area contributed by atoms with Gasteiger partial charge in [0.05, 0.1) is 16.4 Å². The lowest BCUT2D eigenvalue weighted by Gasteiger charge is -1.98. The molecule has 2 aromatic carbocycles. The van der Waals surface area contributed by atoms with Crippen molar-refractivity contribution in [2.45, 2.75) is 6.92 Å². The molecule has 0 unspecified atom stereocenters. The summed E-state index contributed by atoms with van der Waals surface area (Å²) in [5.41, 5.74) is 6.23. The number of rotatable bonds is 3. The molecule has 1 N–H and O–H groups in total. The molecule has 1 heterocycles. The Balaban J connectivity index is 1.79. The number of hydrogen-bond acceptors (Lipinski definition) is 4. The monoisotopic (exact) mass is 423 g/mol. The highest BCUT2D eigenvalue weighted by atomic mass is 79.9. The van der Waals surface area contributed by atoms with Crippen LogP contribution < -0.4 is 5.43 Å². The Bertz CT molecular complexity index is 827. The summed E-state index contributed by atoms with van der Waals surface area (Å²) >= 11 is 8.55. The predicted octanol–water partition coefficient (Wildman–Crippen LogP) is 5.58. The lowest BCUT2D eigenvalue weighted by atomic mass is 10.2. The van der Waals surface area contributed by atoms with Crippen LogP contribution in [0.4, 0.5) is 5.13 Å². The average Bonchev–Trinajstić information content (AvgIpc) is 2.86. The van der Waals surface area contributed by atoms with Crippen molar-refractivity contribution in [3.63, 3.8) is 0 Å². The van der Waals surface area contributed by atoms with E-state index in [2.05, 4.69) is 60.4 Å². The normalized spacial score (nSPS) is 11.4. The van der Waals surface area contributed by atoms with E-state index in [1.807, 2.05) is 30.3 Å². The molecule has 0 saturated heterocycles. The first kappa shape index (κ1) is 14.7. The van der Waals surface area contributed by atoms with Gasteiger partial charge in [-0.25, -0.2) is 4.98 Å². The second kappa shape index (κ2) is 6.25. The van der Waals surface area contributed by atoms with E-state index in [0.29, 0.717) is 0 Å². The van der Waals surface area contributed by atoms with Crippen LogP contribution in [0.3, 0.4) is 0 Å². The van der Waals surface area contributed by atoms with Gasteiger partial charge in [0.15, 0.2) is 0 Å². The molecule has 0 aliphatic heterocycles. The number of aromatic nitrogens is 1. The topological polar surface area (TPSA) is 37.3 Å². The van der Waals surface area contributed by atoms with E-state index in [0.717, 1.165) is 25.2 Å². The van der Waals surface area contributed by atoms with Crippen LogP contribution in [0.15, 0.2) is 50.4 Å². The van der Waals surface area contributed by atoms with Gasteiger partial charge in [0.1, 0.15) is 0 Å². The van der Waals surface area contributed by atoms with Gasteiger partial charge in [-0.05, 0) is 30.7 Å². The van der Waals surface area contributed by atoms with Gasteiger partial charge in [-0.2, -0.15) is 5.10 Å². The summed E-state index contributed by atoms with van der Waals surface area (Å²) < 4.78 is 3.21. The fourth-order valence-electron chi connectivity index (χ4n) is 1.90. The second-order valence-electron chi connectivity index (χ2n) is 4.48. The zero-order valence-corrected chi connectivity index (χ0v) is 15.1. The van der Waals surface area contributed by atoms with Gasteiger partial charge in [0, 0.05) is 14.5 Å². The third-order valence-electron chi connectivity index (χ3n) is 2.94. The van der Waals surface area contributed by atoms with Crippen LogP contribution in [-0.2, 0) is 0 Å². The lowest BCUT2D eigenvalue weighted by molar-refractivity contribution is 1.31. The smallest absolute Gasteiger partial charge is 0.204 e. The number of thiazole rings is 1. The lowest BCUT2D eigenvalue weighted by Crippen LogP contribution is -1.90. The van der Waals surface area contributed by atoms with Gasteiger partial charge < -0.3 is 0 Å². The maximum Gasteiger partial charge on any atom is 0.204 e. The predicted molar refractivity (Wildman–Crippen MR) is 97.4 cm³/mol. The Kier molecular flexibility index (Phi) is 4.37. The highest BCUT2D eigenvalue weighted by molar-refractivity contribution is 9.11. The zero-order chi connectivity index (χ0) is 14.8. The molecule has 21 heavy (non-hydrogen) atoms. The van der Waals surface area contributed by atoms with Crippen molar-refractivity contribution >= 4 is 64.8 Å².